The molecule has 112 valence electrons. The number of rotatable bonds is 1. The zero-order chi connectivity index (χ0) is 16.0. The van der Waals surface area contributed by atoms with Crippen molar-refractivity contribution in [3.8, 4) is 0 Å². The first-order valence-corrected chi connectivity index (χ1v) is 13.8. The maximum atomic E-state index is 13.3. The average Bonchev–Trinajstić information content (AvgIpc) is 2.57. The van der Waals surface area contributed by atoms with E-state index in [1.807, 2.05) is 24.3 Å². The molecule has 5 heteroatoms. The van der Waals surface area contributed by atoms with E-state index in [-0.39, 0.29) is 5.82 Å². The SMILES string of the molecule is O=S1(=O)c2cccc[c]2[Bi+2]([c]2ccc(F)cc2)[c]2ccccc21. The van der Waals surface area contributed by atoms with Crippen LogP contribution < -0.4 is 9.81 Å². The van der Waals surface area contributed by atoms with Crippen LogP contribution in [0, 0.1) is 5.82 Å². The van der Waals surface area contributed by atoms with Gasteiger partial charge in [-0.05, 0) is 0 Å². The molecule has 0 saturated carbocycles. The average molecular weight is 520 g/mol. The van der Waals surface area contributed by atoms with Crippen LogP contribution in [0.1, 0.15) is 0 Å². The summed E-state index contributed by atoms with van der Waals surface area (Å²) in [6.07, 6.45) is 0. The van der Waals surface area contributed by atoms with Gasteiger partial charge in [-0.1, -0.05) is 0 Å². The van der Waals surface area contributed by atoms with Crippen molar-refractivity contribution in [2.45, 2.75) is 9.79 Å². The molecule has 1 aliphatic rings. The minimum absolute atomic E-state index is 0.274. The van der Waals surface area contributed by atoms with E-state index in [0.29, 0.717) is 9.79 Å². The number of fused-ring (bicyclic) bond motifs is 2. The molecule has 3 aromatic rings. The van der Waals surface area contributed by atoms with Crippen LogP contribution in [0.4, 0.5) is 4.39 Å². The monoisotopic (exact) mass is 520 g/mol. The molecule has 1 heterocycles. The molecule has 2 nitrogen and oxygen atoms in total. The fraction of sp³-hybridized carbons (Fsp3) is 0. The second-order valence-electron chi connectivity index (χ2n) is 5.25. The molecule has 0 bridgehead atoms. The first-order valence-electron chi connectivity index (χ1n) is 7.08. The standard InChI is InChI=1S/C12H8O2S.C6H4F.Bi/c13-15(14,11-7-3-1-4-8-11)12-9-5-2-6-10-12;7-6-4-2-1-3-5-6;/h1-7,9H;2-5H;/q;;+2. The van der Waals surface area contributed by atoms with Crippen LogP contribution in [0.15, 0.2) is 82.6 Å². The van der Waals surface area contributed by atoms with Crippen molar-refractivity contribution in [1.82, 2.24) is 0 Å². The molecule has 0 aliphatic carbocycles. The molecule has 0 unspecified atom stereocenters. The van der Waals surface area contributed by atoms with Crippen LogP contribution in [-0.4, -0.2) is 30.2 Å². The molecular formula is C18H12BiFO2S+2. The number of benzene rings is 3. The maximum absolute atomic E-state index is 13.3. The molecule has 0 amide bonds. The van der Waals surface area contributed by atoms with Crippen LogP contribution in [0.3, 0.4) is 0 Å². The topological polar surface area (TPSA) is 34.1 Å². The Morgan fingerprint density at radius 3 is 1.70 bits per heavy atom. The summed E-state index contributed by atoms with van der Waals surface area (Å²) >= 11 is -2.73. The van der Waals surface area contributed by atoms with Crippen molar-refractivity contribution in [3.63, 3.8) is 0 Å². The molecule has 4 rings (SSSR count). The summed E-state index contributed by atoms with van der Waals surface area (Å²) in [7, 11) is -3.47. The van der Waals surface area contributed by atoms with E-state index in [0.717, 1.165) is 9.81 Å². The van der Waals surface area contributed by atoms with Crippen LogP contribution in [0.2, 0.25) is 0 Å². The zero-order valence-corrected chi connectivity index (χ0v) is 16.3. The Kier molecular flexibility index (Phi) is 3.58. The van der Waals surface area contributed by atoms with E-state index < -0.39 is 31.6 Å². The number of sulfone groups is 1. The van der Waals surface area contributed by atoms with Gasteiger partial charge in [0.2, 0.25) is 0 Å². The van der Waals surface area contributed by atoms with Gasteiger partial charge in [0, 0.05) is 0 Å². The van der Waals surface area contributed by atoms with E-state index in [4.69, 9.17) is 0 Å². The third-order valence-electron chi connectivity index (χ3n) is 3.88. The van der Waals surface area contributed by atoms with E-state index in [1.54, 1.807) is 36.4 Å². The molecule has 3 aromatic carbocycles. The summed E-state index contributed by atoms with van der Waals surface area (Å²) in [6.45, 7) is 0. The quantitative estimate of drug-likeness (QED) is 0.357. The number of hydrogen-bond acceptors (Lipinski definition) is 2. The molecule has 0 saturated heterocycles. The van der Waals surface area contributed by atoms with E-state index in [2.05, 4.69) is 0 Å². The van der Waals surface area contributed by atoms with Gasteiger partial charge in [0.05, 0.1) is 0 Å². The summed E-state index contributed by atoms with van der Waals surface area (Å²) in [5, 5.41) is 0. The van der Waals surface area contributed by atoms with Gasteiger partial charge in [0.1, 0.15) is 0 Å². The van der Waals surface area contributed by atoms with E-state index in [1.165, 1.54) is 12.1 Å². The molecule has 0 fully saturated rings. The number of hydrogen-bond donors (Lipinski definition) is 0. The van der Waals surface area contributed by atoms with Gasteiger partial charge in [0.15, 0.2) is 0 Å². The fourth-order valence-corrected chi connectivity index (χ4v) is 17.7. The zero-order valence-electron chi connectivity index (χ0n) is 12.0. The minimum atomic E-state index is -3.47. The second kappa shape index (κ2) is 5.50. The Labute approximate surface area is 142 Å². The molecule has 1 aliphatic heterocycles. The Morgan fingerprint density at radius 1 is 0.696 bits per heavy atom. The summed E-state index contributed by atoms with van der Waals surface area (Å²) < 4.78 is 42.0. The number of halogens is 1. The second-order valence-corrected chi connectivity index (χ2v) is 15.5. The van der Waals surface area contributed by atoms with Crippen LogP contribution >= 0.6 is 0 Å². The van der Waals surface area contributed by atoms with Gasteiger partial charge in [-0.25, -0.2) is 0 Å². The van der Waals surface area contributed by atoms with Crippen LogP contribution in [0.5, 0.6) is 0 Å². The Hall–Kier alpha value is -1.58. The molecule has 23 heavy (non-hydrogen) atoms. The van der Waals surface area contributed by atoms with E-state index in [9.17, 15) is 12.8 Å². The predicted octanol–water partition coefficient (Wildman–Crippen LogP) is 1.49. The summed E-state index contributed by atoms with van der Waals surface area (Å²) in [6, 6.07) is 21.0. The molecule has 0 N–H and O–H groups in total. The van der Waals surface area contributed by atoms with Crippen molar-refractivity contribution in [2.75, 3.05) is 0 Å². The van der Waals surface area contributed by atoms with Gasteiger partial charge in [-0.2, -0.15) is 0 Å². The molecule has 0 aromatic heterocycles. The molecule has 0 spiro atoms. The normalized spacial score (nSPS) is 14.9. The fourth-order valence-electron chi connectivity index (χ4n) is 2.85. The predicted molar refractivity (Wildman–Crippen MR) is 89.4 cm³/mol. The third kappa shape index (κ3) is 2.34. The van der Waals surface area contributed by atoms with Crippen molar-refractivity contribution in [1.29, 1.82) is 0 Å². The Morgan fingerprint density at radius 2 is 1.17 bits per heavy atom. The van der Waals surface area contributed by atoms with Gasteiger partial charge < -0.3 is 0 Å². The molecule has 0 radical (unpaired) electrons. The summed E-state index contributed by atoms with van der Waals surface area (Å²) in [5.41, 5.74) is 0. The van der Waals surface area contributed by atoms with Crippen LogP contribution in [-0.2, 0) is 9.84 Å². The molecule has 0 atom stereocenters. The van der Waals surface area contributed by atoms with Gasteiger partial charge in [-0.15, -0.1) is 0 Å². The Bertz CT molecular complexity index is 944. The Balaban J connectivity index is 2.06. The van der Waals surface area contributed by atoms with Gasteiger partial charge >= 0.3 is 143 Å². The first kappa shape index (κ1) is 15.0. The third-order valence-corrected chi connectivity index (χ3v) is 16.9. The van der Waals surface area contributed by atoms with Crippen molar-refractivity contribution in [3.05, 3.63) is 78.6 Å². The van der Waals surface area contributed by atoms with Gasteiger partial charge in [0.25, 0.3) is 0 Å². The summed E-state index contributed by atoms with van der Waals surface area (Å²) in [4.78, 5) is 0.835. The van der Waals surface area contributed by atoms with Crippen molar-refractivity contribution >= 4 is 41.4 Å². The first-order chi connectivity index (χ1) is 11.1. The van der Waals surface area contributed by atoms with Crippen molar-refractivity contribution < 1.29 is 12.8 Å². The van der Waals surface area contributed by atoms with Crippen LogP contribution in [0.25, 0.3) is 0 Å². The molecular weight excluding hydrogens is 508 g/mol. The van der Waals surface area contributed by atoms with Crippen molar-refractivity contribution in [2.24, 2.45) is 0 Å². The van der Waals surface area contributed by atoms with Gasteiger partial charge in [-0.3, -0.25) is 0 Å². The van der Waals surface area contributed by atoms with E-state index >= 15 is 0 Å². The summed E-state index contributed by atoms with van der Waals surface area (Å²) in [5.74, 6) is -0.274.